The lowest BCUT2D eigenvalue weighted by atomic mass is 10.0. The van der Waals surface area contributed by atoms with Crippen LogP contribution in [0.1, 0.15) is 31.5 Å². The van der Waals surface area contributed by atoms with E-state index >= 15 is 0 Å². The molecule has 1 aromatic heterocycles. The Balaban J connectivity index is 2.26. The molecule has 2 N–H and O–H groups in total. The second-order valence-electron chi connectivity index (χ2n) is 5.16. The van der Waals surface area contributed by atoms with Gasteiger partial charge in [0.2, 0.25) is 5.91 Å². The molecule has 0 spiro atoms. The number of amides is 1. The van der Waals surface area contributed by atoms with E-state index in [1.54, 1.807) is 11.9 Å². The lowest BCUT2D eigenvalue weighted by Crippen LogP contribution is -2.35. The summed E-state index contributed by atoms with van der Waals surface area (Å²) in [5.74, 6) is 0.00382. The van der Waals surface area contributed by atoms with Crippen LogP contribution >= 0.6 is 0 Å². The molecule has 0 bridgehead atoms. The first kappa shape index (κ1) is 13.6. The number of aromatic nitrogens is 2. The van der Waals surface area contributed by atoms with Crippen molar-refractivity contribution in [1.29, 1.82) is 0 Å². The number of fused-ring (bicyclic) bond motifs is 1. The van der Waals surface area contributed by atoms with E-state index in [9.17, 15) is 9.59 Å². The molecular formula is C13H20N4O2. The maximum absolute atomic E-state index is 12.1. The van der Waals surface area contributed by atoms with E-state index in [0.717, 1.165) is 30.6 Å². The highest BCUT2D eigenvalue weighted by Crippen LogP contribution is 2.21. The molecule has 0 aliphatic carbocycles. The van der Waals surface area contributed by atoms with Gasteiger partial charge >= 0.3 is 0 Å². The highest BCUT2D eigenvalue weighted by molar-refractivity contribution is 5.80. The van der Waals surface area contributed by atoms with Crippen molar-refractivity contribution in [2.24, 2.45) is 0 Å². The van der Waals surface area contributed by atoms with Crippen LogP contribution in [0, 0.1) is 0 Å². The third-order valence-corrected chi connectivity index (χ3v) is 3.55. The van der Waals surface area contributed by atoms with Crippen molar-refractivity contribution >= 4 is 11.6 Å². The van der Waals surface area contributed by atoms with Gasteiger partial charge in [-0.3, -0.25) is 9.59 Å². The van der Waals surface area contributed by atoms with E-state index in [1.807, 2.05) is 13.8 Å². The van der Waals surface area contributed by atoms with Crippen molar-refractivity contribution in [2.75, 3.05) is 18.9 Å². The molecule has 1 aliphatic heterocycles. The van der Waals surface area contributed by atoms with Gasteiger partial charge in [0.1, 0.15) is 0 Å². The van der Waals surface area contributed by atoms with Gasteiger partial charge in [-0.2, -0.15) is 5.10 Å². The minimum Gasteiger partial charge on any atom is -0.383 e. The van der Waals surface area contributed by atoms with Crippen LogP contribution in [0.25, 0.3) is 0 Å². The van der Waals surface area contributed by atoms with E-state index < -0.39 is 0 Å². The lowest BCUT2D eigenvalue weighted by Gasteiger charge is -2.23. The van der Waals surface area contributed by atoms with Gasteiger partial charge in [0.15, 0.2) is 0 Å². The summed E-state index contributed by atoms with van der Waals surface area (Å²) in [6.45, 7) is 4.75. The highest BCUT2D eigenvalue weighted by atomic mass is 16.2. The first-order valence-electron chi connectivity index (χ1n) is 6.60. The number of aromatic amines is 1. The quantitative estimate of drug-likeness (QED) is 0.835. The van der Waals surface area contributed by atoms with Gasteiger partial charge in [0.05, 0.1) is 17.8 Å². The molecule has 6 nitrogen and oxygen atoms in total. The Kier molecular flexibility index (Phi) is 3.87. The maximum atomic E-state index is 12.1. The first-order valence-corrected chi connectivity index (χ1v) is 6.60. The van der Waals surface area contributed by atoms with Crippen molar-refractivity contribution < 1.29 is 4.79 Å². The topological polar surface area (TPSA) is 78.1 Å². The third kappa shape index (κ3) is 2.77. The van der Waals surface area contributed by atoms with Crippen LogP contribution in [0.2, 0.25) is 0 Å². The Morgan fingerprint density at radius 3 is 2.89 bits per heavy atom. The average Bonchev–Trinajstić information content (AvgIpc) is 2.41. The predicted octanol–water partition coefficient (Wildman–Crippen LogP) is 0.537. The number of carbonyl (C=O) groups is 1. The highest BCUT2D eigenvalue weighted by Gasteiger charge is 2.21. The fraction of sp³-hybridized carbons (Fsp3) is 0.615. The number of likely N-dealkylation sites (N-methyl/N-ethyl adjacent to an activating group) is 1. The Labute approximate surface area is 112 Å². The summed E-state index contributed by atoms with van der Waals surface area (Å²) >= 11 is 0. The van der Waals surface area contributed by atoms with Crippen LogP contribution < -0.4 is 10.9 Å². The predicted molar refractivity (Wildman–Crippen MR) is 73.3 cm³/mol. The van der Waals surface area contributed by atoms with Gasteiger partial charge in [-0.1, -0.05) is 0 Å². The molecule has 1 amide bonds. The number of anilines is 1. The van der Waals surface area contributed by atoms with Crippen molar-refractivity contribution in [2.45, 2.75) is 39.2 Å². The number of nitrogens with one attached hydrogen (secondary N) is 2. The summed E-state index contributed by atoms with van der Waals surface area (Å²) in [6, 6.07) is 0.152. The molecule has 0 fully saturated rings. The minimum atomic E-state index is -0.157. The summed E-state index contributed by atoms with van der Waals surface area (Å²) in [6.07, 6.45) is 1.88. The molecule has 0 unspecified atom stereocenters. The minimum absolute atomic E-state index is 0.00382. The normalized spacial score (nSPS) is 13.9. The molecular weight excluding hydrogens is 244 g/mol. The molecule has 1 aromatic rings. The summed E-state index contributed by atoms with van der Waals surface area (Å²) in [5, 5.41) is 9.70. The number of carbonyl (C=O) groups excluding carboxylic acids is 1. The zero-order valence-corrected chi connectivity index (χ0v) is 11.6. The largest absolute Gasteiger partial charge is 0.383 e. The van der Waals surface area contributed by atoms with Crippen LogP contribution in [0.4, 0.5) is 5.69 Å². The van der Waals surface area contributed by atoms with E-state index in [0.29, 0.717) is 5.69 Å². The van der Waals surface area contributed by atoms with Gasteiger partial charge < -0.3 is 10.2 Å². The average molecular weight is 264 g/mol. The molecule has 0 atom stereocenters. The first-order chi connectivity index (χ1) is 9.00. The molecule has 104 valence electrons. The van der Waals surface area contributed by atoms with Gasteiger partial charge in [-0.25, -0.2) is 5.10 Å². The Bertz CT molecular complexity index is 536. The third-order valence-electron chi connectivity index (χ3n) is 3.55. The molecule has 6 heteroatoms. The smallest absolute Gasteiger partial charge is 0.269 e. The number of nitrogens with zero attached hydrogens (tertiary/aromatic N) is 2. The number of rotatable bonds is 3. The second-order valence-corrected chi connectivity index (χ2v) is 5.16. The summed E-state index contributed by atoms with van der Waals surface area (Å²) in [7, 11) is 1.78. The monoisotopic (exact) mass is 264 g/mol. The molecule has 0 saturated carbocycles. The Morgan fingerprint density at radius 2 is 2.21 bits per heavy atom. The Morgan fingerprint density at radius 1 is 1.47 bits per heavy atom. The fourth-order valence-corrected chi connectivity index (χ4v) is 2.14. The lowest BCUT2D eigenvalue weighted by molar-refractivity contribution is -0.130. The summed E-state index contributed by atoms with van der Waals surface area (Å²) in [4.78, 5) is 25.5. The van der Waals surface area contributed by atoms with Crippen LogP contribution in [0.15, 0.2) is 4.79 Å². The fourth-order valence-electron chi connectivity index (χ4n) is 2.14. The molecule has 0 aromatic carbocycles. The van der Waals surface area contributed by atoms with Crippen molar-refractivity contribution in [3.8, 4) is 0 Å². The van der Waals surface area contributed by atoms with Crippen molar-refractivity contribution in [1.82, 2.24) is 15.1 Å². The summed E-state index contributed by atoms with van der Waals surface area (Å²) in [5.41, 5.74) is 1.94. The van der Waals surface area contributed by atoms with Gasteiger partial charge in [0.25, 0.3) is 5.56 Å². The molecule has 0 saturated heterocycles. The van der Waals surface area contributed by atoms with Gasteiger partial charge in [-0.05, 0) is 26.7 Å². The van der Waals surface area contributed by atoms with Gasteiger partial charge in [-0.15, -0.1) is 0 Å². The number of hydrogen-bond donors (Lipinski definition) is 2. The van der Waals surface area contributed by atoms with E-state index in [2.05, 4.69) is 15.5 Å². The molecule has 19 heavy (non-hydrogen) atoms. The van der Waals surface area contributed by atoms with Crippen LogP contribution in [-0.4, -0.2) is 40.6 Å². The molecule has 1 aliphatic rings. The number of H-pyrrole nitrogens is 1. The zero-order valence-electron chi connectivity index (χ0n) is 11.6. The Hall–Kier alpha value is -1.85. The number of hydrogen-bond acceptors (Lipinski definition) is 4. The molecule has 2 rings (SSSR count). The van der Waals surface area contributed by atoms with E-state index in [1.165, 1.54) is 0 Å². The molecule has 2 heterocycles. The van der Waals surface area contributed by atoms with Crippen LogP contribution in [-0.2, 0) is 17.6 Å². The zero-order chi connectivity index (χ0) is 14.0. The SMILES string of the molecule is CC(C)N(C)C(=O)Cc1n[nH]c(=O)c2c1NCCC2. The second kappa shape index (κ2) is 5.42. The van der Waals surface area contributed by atoms with Crippen LogP contribution in [0.3, 0.4) is 0 Å². The van der Waals surface area contributed by atoms with Crippen molar-refractivity contribution in [3.63, 3.8) is 0 Å². The standard InChI is InChI=1S/C13H20N4O2/c1-8(2)17(3)11(18)7-10-12-9(5-4-6-14-12)13(19)16-15-10/h8,14H,4-7H2,1-3H3,(H,16,19). The summed E-state index contributed by atoms with van der Waals surface area (Å²) < 4.78 is 0. The van der Waals surface area contributed by atoms with Crippen molar-refractivity contribution in [3.05, 3.63) is 21.6 Å². The molecule has 0 radical (unpaired) electrons. The maximum Gasteiger partial charge on any atom is 0.269 e. The van der Waals surface area contributed by atoms with E-state index in [-0.39, 0.29) is 23.9 Å². The van der Waals surface area contributed by atoms with E-state index in [4.69, 9.17) is 0 Å². The van der Waals surface area contributed by atoms with Crippen LogP contribution in [0.5, 0.6) is 0 Å². The van der Waals surface area contributed by atoms with Gasteiger partial charge in [0, 0.05) is 25.2 Å².